The normalized spacial score (nSPS) is 11.4. The molecule has 0 aromatic carbocycles. The highest BCUT2D eigenvalue weighted by atomic mass is 32.1. The average Bonchev–Trinajstić information content (AvgIpc) is 2.33. The van der Waals surface area contributed by atoms with Gasteiger partial charge in [-0.05, 0) is 20.8 Å². The lowest BCUT2D eigenvalue weighted by molar-refractivity contribution is -0.125. The summed E-state index contributed by atoms with van der Waals surface area (Å²) in [4.78, 5) is 15.1. The number of thiazole rings is 1. The number of carbonyl (C=O) groups excluding carboxylic acids is 1. The number of nitrogens with zero attached hydrogens (tertiary/aromatic N) is 1. The third-order valence-electron chi connectivity index (χ3n) is 1.40. The minimum Gasteiger partial charge on any atom is -0.314 e. The molecule has 1 N–H and O–H groups in total. The molecule has 0 radical (unpaired) electrons. The summed E-state index contributed by atoms with van der Waals surface area (Å²) in [5.41, 5.74) is -1.85. The molecule has 5 heteroatoms. The molecule has 72 valence electrons. The summed E-state index contributed by atoms with van der Waals surface area (Å²) in [7, 11) is 0. The zero-order chi connectivity index (χ0) is 10.1. The predicted molar refractivity (Wildman–Crippen MR) is 50.7 cm³/mol. The Bertz CT molecular complexity index is 316. The van der Waals surface area contributed by atoms with Crippen molar-refractivity contribution >= 4 is 22.2 Å². The van der Waals surface area contributed by atoms with Gasteiger partial charge >= 0.3 is 0 Å². The van der Waals surface area contributed by atoms with Gasteiger partial charge in [0.05, 0.1) is 11.2 Å². The van der Waals surface area contributed by atoms with Crippen molar-refractivity contribution in [1.82, 2.24) is 4.98 Å². The van der Waals surface area contributed by atoms with Crippen molar-refractivity contribution in [3.63, 3.8) is 0 Å². The van der Waals surface area contributed by atoms with Crippen LogP contribution in [0.25, 0.3) is 0 Å². The van der Waals surface area contributed by atoms with Crippen LogP contribution in [0.4, 0.5) is 9.39 Å². The summed E-state index contributed by atoms with van der Waals surface area (Å²) in [6.45, 7) is 4.26. The van der Waals surface area contributed by atoms with E-state index in [-0.39, 0.29) is 0 Å². The number of anilines is 1. The van der Waals surface area contributed by atoms with E-state index < -0.39 is 11.6 Å². The number of amides is 1. The zero-order valence-electron chi connectivity index (χ0n) is 7.72. The highest BCUT2D eigenvalue weighted by Gasteiger charge is 2.26. The molecule has 0 bridgehead atoms. The lowest BCUT2D eigenvalue weighted by Gasteiger charge is -2.12. The Hall–Kier alpha value is -0.970. The van der Waals surface area contributed by atoms with Gasteiger partial charge in [0.15, 0.2) is 5.67 Å². The van der Waals surface area contributed by atoms with E-state index in [0.717, 1.165) is 5.01 Å². The Morgan fingerprint density at radius 1 is 1.69 bits per heavy atom. The van der Waals surface area contributed by atoms with Crippen LogP contribution in [-0.2, 0) is 4.79 Å². The first-order valence-electron chi connectivity index (χ1n) is 3.82. The fourth-order valence-corrected chi connectivity index (χ4v) is 1.35. The van der Waals surface area contributed by atoms with Gasteiger partial charge in [0.25, 0.3) is 5.91 Å². The van der Waals surface area contributed by atoms with Gasteiger partial charge in [-0.15, -0.1) is 11.3 Å². The van der Waals surface area contributed by atoms with Crippen molar-refractivity contribution in [3.8, 4) is 0 Å². The zero-order valence-corrected chi connectivity index (χ0v) is 8.54. The number of hydrogen-bond donors (Lipinski definition) is 1. The summed E-state index contributed by atoms with van der Waals surface area (Å²) < 4.78 is 13.0. The molecule has 0 spiro atoms. The summed E-state index contributed by atoms with van der Waals surface area (Å²) in [5, 5.41) is 3.86. The molecule has 1 aromatic rings. The summed E-state index contributed by atoms with van der Waals surface area (Å²) >= 11 is 1.32. The molecule has 0 aliphatic rings. The van der Waals surface area contributed by atoms with E-state index in [2.05, 4.69) is 10.3 Å². The number of hydrogen-bond acceptors (Lipinski definition) is 3. The van der Waals surface area contributed by atoms with Crippen LogP contribution in [0, 0.1) is 6.92 Å². The van der Waals surface area contributed by atoms with Crippen molar-refractivity contribution in [3.05, 3.63) is 11.2 Å². The number of nitrogens with one attached hydrogen (secondary N) is 1. The first-order chi connectivity index (χ1) is 5.89. The topological polar surface area (TPSA) is 42.0 Å². The van der Waals surface area contributed by atoms with Crippen molar-refractivity contribution in [2.24, 2.45) is 0 Å². The number of aryl methyl sites for hydroxylation is 1. The van der Waals surface area contributed by atoms with E-state index in [0.29, 0.717) is 5.00 Å². The quantitative estimate of drug-likeness (QED) is 0.798. The van der Waals surface area contributed by atoms with E-state index in [9.17, 15) is 9.18 Å². The van der Waals surface area contributed by atoms with Crippen LogP contribution in [-0.4, -0.2) is 16.6 Å². The van der Waals surface area contributed by atoms with Crippen molar-refractivity contribution in [2.45, 2.75) is 26.4 Å². The molecule has 0 unspecified atom stereocenters. The first-order valence-corrected chi connectivity index (χ1v) is 4.64. The van der Waals surface area contributed by atoms with Crippen LogP contribution in [0.1, 0.15) is 18.9 Å². The van der Waals surface area contributed by atoms with Crippen molar-refractivity contribution in [1.29, 1.82) is 0 Å². The predicted octanol–water partition coefficient (Wildman–Crippen LogP) is 2.14. The van der Waals surface area contributed by atoms with E-state index in [4.69, 9.17) is 0 Å². The minimum absolute atomic E-state index is 0.577. The first kappa shape index (κ1) is 10.1. The molecule has 0 atom stereocenters. The smallest absolute Gasteiger partial charge is 0.262 e. The van der Waals surface area contributed by atoms with Crippen molar-refractivity contribution in [2.75, 3.05) is 5.32 Å². The highest BCUT2D eigenvalue weighted by Crippen LogP contribution is 2.19. The fraction of sp³-hybridized carbons (Fsp3) is 0.500. The lowest BCUT2D eigenvalue weighted by atomic mass is 10.1. The molecule has 0 aliphatic heterocycles. The SMILES string of the molecule is Cc1ncc(NC(=O)C(C)(C)F)s1. The molecule has 0 fully saturated rings. The third kappa shape index (κ3) is 2.77. The molecule has 3 nitrogen and oxygen atoms in total. The van der Waals surface area contributed by atoms with Gasteiger partial charge in [-0.25, -0.2) is 9.37 Å². The molecule has 0 aliphatic carbocycles. The summed E-state index contributed by atoms with van der Waals surface area (Å²) in [5.74, 6) is -0.642. The number of alkyl halides is 1. The Morgan fingerprint density at radius 3 is 2.69 bits per heavy atom. The average molecular weight is 202 g/mol. The molecule has 1 rings (SSSR count). The highest BCUT2D eigenvalue weighted by molar-refractivity contribution is 7.15. The fourth-order valence-electron chi connectivity index (χ4n) is 0.680. The largest absolute Gasteiger partial charge is 0.314 e. The molecule has 0 saturated carbocycles. The maximum absolute atomic E-state index is 13.0. The van der Waals surface area contributed by atoms with Gasteiger partial charge in [-0.2, -0.15) is 0 Å². The molecular formula is C8H11FN2OS. The summed E-state index contributed by atoms with van der Waals surface area (Å²) in [6, 6.07) is 0. The minimum atomic E-state index is -1.85. The van der Waals surface area contributed by atoms with E-state index in [1.54, 1.807) is 0 Å². The molecule has 0 saturated heterocycles. The van der Waals surface area contributed by atoms with Gasteiger partial charge in [0.2, 0.25) is 0 Å². The van der Waals surface area contributed by atoms with Crippen LogP contribution in [0.3, 0.4) is 0 Å². The lowest BCUT2D eigenvalue weighted by Crippen LogP contribution is -2.32. The molecular weight excluding hydrogens is 191 g/mol. The van der Waals surface area contributed by atoms with Gasteiger partial charge in [-0.3, -0.25) is 4.79 Å². The molecule has 13 heavy (non-hydrogen) atoms. The number of aromatic nitrogens is 1. The third-order valence-corrected chi connectivity index (χ3v) is 2.23. The Kier molecular flexibility index (Phi) is 2.66. The van der Waals surface area contributed by atoms with Crippen LogP contribution in [0.2, 0.25) is 0 Å². The van der Waals surface area contributed by atoms with Crippen LogP contribution >= 0.6 is 11.3 Å². The van der Waals surface area contributed by atoms with E-state index in [1.165, 1.54) is 31.4 Å². The van der Waals surface area contributed by atoms with Gasteiger partial charge in [0, 0.05) is 0 Å². The number of halogens is 1. The van der Waals surface area contributed by atoms with Gasteiger partial charge in [-0.1, -0.05) is 0 Å². The Labute approximate surface area is 80.0 Å². The second-order valence-corrected chi connectivity index (χ2v) is 4.40. The summed E-state index contributed by atoms with van der Waals surface area (Å²) in [6.07, 6.45) is 1.52. The van der Waals surface area contributed by atoms with E-state index in [1.807, 2.05) is 6.92 Å². The Balaban J connectivity index is 2.65. The van der Waals surface area contributed by atoms with Gasteiger partial charge < -0.3 is 5.32 Å². The maximum Gasteiger partial charge on any atom is 0.262 e. The van der Waals surface area contributed by atoms with Crippen LogP contribution < -0.4 is 5.32 Å². The number of carbonyl (C=O) groups is 1. The molecule has 1 amide bonds. The van der Waals surface area contributed by atoms with Crippen molar-refractivity contribution < 1.29 is 9.18 Å². The number of rotatable bonds is 2. The molecule has 1 heterocycles. The second-order valence-electron chi connectivity index (χ2n) is 3.17. The standard InChI is InChI=1S/C8H11FN2OS/c1-5-10-4-6(13-5)11-7(12)8(2,3)9/h4H,1-3H3,(H,11,12). The monoisotopic (exact) mass is 202 g/mol. The van der Waals surface area contributed by atoms with Crippen LogP contribution in [0.5, 0.6) is 0 Å². The maximum atomic E-state index is 13.0. The van der Waals surface area contributed by atoms with E-state index >= 15 is 0 Å². The van der Waals surface area contributed by atoms with Gasteiger partial charge in [0.1, 0.15) is 5.00 Å². The second kappa shape index (κ2) is 3.41. The van der Waals surface area contributed by atoms with Crippen LogP contribution in [0.15, 0.2) is 6.20 Å². The Morgan fingerprint density at radius 2 is 2.31 bits per heavy atom. The molecule has 1 aromatic heterocycles.